The summed E-state index contributed by atoms with van der Waals surface area (Å²) in [6, 6.07) is 2.00. The summed E-state index contributed by atoms with van der Waals surface area (Å²) in [6.07, 6.45) is 5.60. The third-order valence-corrected chi connectivity index (χ3v) is 3.79. The number of nitrogens with one attached hydrogen (secondary N) is 1. The summed E-state index contributed by atoms with van der Waals surface area (Å²) >= 11 is 0. The van der Waals surface area contributed by atoms with Crippen molar-refractivity contribution >= 4 is 11.8 Å². The van der Waals surface area contributed by atoms with Crippen LogP contribution in [-0.2, 0) is 4.74 Å². The Balaban J connectivity index is 1.86. The van der Waals surface area contributed by atoms with E-state index in [0.717, 1.165) is 38.2 Å². The van der Waals surface area contributed by atoms with E-state index in [0.29, 0.717) is 5.92 Å². The van der Waals surface area contributed by atoms with Gasteiger partial charge in [0, 0.05) is 25.8 Å². The summed E-state index contributed by atoms with van der Waals surface area (Å²) in [5, 5.41) is 3.45. The first-order valence-electron chi connectivity index (χ1n) is 7.97. The average molecular weight is 305 g/mol. The molecule has 1 unspecified atom stereocenters. The van der Waals surface area contributed by atoms with Crippen molar-refractivity contribution < 1.29 is 9.53 Å². The van der Waals surface area contributed by atoms with E-state index < -0.39 is 5.60 Å². The molecule has 1 saturated heterocycles. The monoisotopic (exact) mass is 305 g/mol. The highest BCUT2D eigenvalue weighted by Gasteiger charge is 2.27. The predicted molar refractivity (Wildman–Crippen MR) is 88.0 cm³/mol. The number of hydrogen-bond donors (Lipinski definition) is 1. The van der Waals surface area contributed by atoms with Crippen LogP contribution < -0.4 is 5.32 Å². The third-order valence-electron chi connectivity index (χ3n) is 3.79. The molecule has 1 aliphatic rings. The molecular formula is C17H27N3O2. The fraction of sp³-hybridized carbons (Fsp3) is 0.647. The quantitative estimate of drug-likeness (QED) is 0.929. The van der Waals surface area contributed by atoms with Gasteiger partial charge < -0.3 is 15.0 Å². The van der Waals surface area contributed by atoms with Gasteiger partial charge in [-0.2, -0.15) is 0 Å². The Labute approximate surface area is 133 Å². The average Bonchev–Trinajstić information content (AvgIpc) is 2.45. The number of aryl methyl sites for hydroxylation is 1. The molecule has 1 amide bonds. The Morgan fingerprint density at radius 1 is 1.50 bits per heavy atom. The van der Waals surface area contributed by atoms with Crippen LogP contribution in [0.15, 0.2) is 18.5 Å². The van der Waals surface area contributed by atoms with Gasteiger partial charge in [-0.3, -0.25) is 4.98 Å². The van der Waals surface area contributed by atoms with E-state index >= 15 is 0 Å². The van der Waals surface area contributed by atoms with Crippen LogP contribution in [0.4, 0.5) is 10.5 Å². The van der Waals surface area contributed by atoms with Crippen LogP contribution in [-0.4, -0.2) is 41.2 Å². The maximum Gasteiger partial charge on any atom is 0.410 e. The molecule has 2 rings (SSSR count). The van der Waals surface area contributed by atoms with Crippen molar-refractivity contribution in [2.75, 3.05) is 25.0 Å². The highest BCUT2D eigenvalue weighted by molar-refractivity contribution is 5.68. The largest absolute Gasteiger partial charge is 0.444 e. The summed E-state index contributed by atoms with van der Waals surface area (Å²) in [5.74, 6) is 0.445. The van der Waals surface area contributed by atoms with Gasteiger partial charge in [-0.05, 0) is 58.1 Å². The van der Waals surface area contributed by atoms with Crippen molar-refractivity contribution in [2.45, 2.75) is 46.1 Å². The smallest absolute Gasteiger partial charge is 0.410 e. The number of piperidine rings is 1. The summed E-state index contributed by atoms with van der Waals surface area (Å²) in [4.78, 5) is 18.1. The molecule has 5 nitrogen and oxygen atoms in total. The molecule has 0 aliphatic carbocycles. The number of likely N-dealkylation sites (tertiary alicyclic amines) is 1. The molecule has 0 saturated carbocycles. The van der Waals surface area contributed by atoms with E-state index in [4.69, 9.17) is 4.74 Å². The second-order valence-electron chi connectivity index (χ2n) is 7.01. The lowest BCUT2D eigenvalue weighted by molar-refractivity contribution is 0.0172. The summed E-state index contributed by atoms with van der Waals surface area (Å²) in [7, 11) is 0. The van der Waals surface area contributed by atoms with Crippen molar-refractivity contribution in [1.29, 1.82) is 0 Å². The number of rotatable bonds is 3. The van der Waals surface area contributed by atoms with E-state index in [-0.39, 0.29) is 6.09 Å². The molecular weight excluding hydrogens is 278 g/mol. The van der Waals surface area contributed by atoms with Crippen molar-refractivity contribution in [3.8, 4) is 0 Å². The Morgan fingerprint density at radius 3 is 2.95 bits per heavy atom. The van der Waals surface area contributed by atoms with Crippen molar-refractivity contribution in [3.63, 3.8) is 0 Å². The van der Waals surface area contributed by atoms with Gasteiger partial charge in [0.1, 0.15) is 5.60 Å². The van der Waals surface area contributed by atoms with Crippen LogP contribution >= 0.6 is 0 Å². The molecule has 1 fully saturated rings. The fourth-order valence-corrected chi connectivity index (χ4v) is 2.63. The zero-order chi connectivity index (χ0) is 16.2. The fourth-order valence-electron chi connectivity index (χ4n) is 2.63. The van der Waals surface area contributed by atoms with Gasteiger partial charge in [0.2, 0.25) is 0 Å². The van der Waals surface area contributed by atoms with Crippen molar-refractivity contribution in [2.24, 2.45) is 5.92 Å². The standard InChI is InChI=1S/C17H27N3O2/c1-13-7-8-18-11-15(13)19-10-14-6-5-9-20(12-14)16(21)22-17(2,3)4/h7-8,11,14,19H,5-6,9-10,12H2,1-4H3. The minimum absolute atomic E-state index is 0.199. The zero-order valence-corrected chi connectivity index (χ0v) is 14.1. The first-order chi connectivity index (χ1) is 10.3. The highest BCUT2D eigenvalue weighted by Crippen LogP contribution is 2.20. The van der Waals surface area contributed by atoms with E-state index in [1.54, 1.807) is 6.20 Å². The van der Waals surface area contributed by atoms with Gasteiger partial charge in [0.25, 0.3) is 0 Å². The molecule has 0 radical (unpaired) electrons. The maximum absolute atomic E-state index is 12.2. The third kappa shape index (κ3) is 4.90. The van der Waals surface area contributed by atoms with Gasteiger partial charge in [-0.25, -0.2) is 4.79 Å². The first-order valence-corrected chi connectivity index (χ1v) is 7.97. The van der Waals surface area contributed by atoms with Crippen LogP contribution in [0.5, 0.6) is 0 Å². The van der Waals surface area contributed by atoms with Gasteiger partial charge in [-0.1, -0.05) is 0 Å². The Hall–Kier alpha value is -1.78. The number of ether oxygens (including phenoxy) is 1. The molecule has 5 heteroatoms. The maximum atomic E-state index is 12.2. The second kappa shape index (κ2) is 6.99. The van der Waals surface area contributed by atoms with Crippen LogP contribution in [0, 0.1) is 12.8 Å². The molecule has 1 atom stereocenters. The molecule has 1 aromatic heterocycles. The lowest BCUT2D eigenvalue weighted by Crippen LogP contribution is -2.44. The number of carbonyl (C=O) groups excluding carboxylic acids is 1. The van der Waals surface area contributed by atoms with E-state index in [1.165, 1.54) is 5.56 Å². The summed E-state index contributed by atoms with van der Waals surface area (Å²) in [5.41, 5.74) is 1.82. The molecule has 1 aromatic rings. The van der Waals surface area contributed by atoms with Crippen molar-refractivity contribution in [1.82, 2.24) is 9.88 Å². The van der Waals surface area contributed by atoms with E-state index in [9.17, 15) is 4.79 Å². The number of hydrogen-bond acceptors (Lipinski definition) is 4. The van der Waals surface area contributed by atoms with Gasteiger partial charge in [-0.15, -0.1) is 0 Å². The molecule has 0 aromatic carbocycles. The van der Waals surface area contributed by atoms with E-state index in [2.05, 4.69) is 17.2 Å². The van der Waals surface area contributed by atoms with Crippen LogP contribution in [0.1, 0.15) is 39.2 Å². The van der Waals surface area contributed by atoms with Crippen LogP contribution in [0.2, 0.25) is 0 Å². The lowest BCUT2D eigenvalue weighted by Gasteiger charge is -2.34. The number of amides is 1. The first kappa shape index (κ1) is 16.6. The number of anilines is 1. The Morgan fingerprint density at radius 2 is 2.27 bits per heavy atom. The minimum Gasteiger partial charge on any atom is -0.444 e. The van der Waals surface area contributed by atoms with Crippen molar-refractivity contribution in [3.05, 3.63) is 24.0 Å². The molecule has 1 aliphatic heterocycles. The molecule has 0 spiro atoms. The normalized spacial score (nSPS) is 18.9. The second-order valence-corrected chi connectivity index (χ2v) is 7.01. The number of aromatic nitrogens is 1. The lowest BCUT2D eigenvalue weighted by atomic mass is 9.98. The van der Waals surface area contributed by atoms with Crippen LogP contribution in [0.25, 0.3) is 0 Å². The number of carbonyl (C=O) groups is 1. The van der Waals surface area contributed by atoms with Gasteiger partial charge in [0.05, 0.1) is 11.9 Å². The molecule has 1 N–H and O–H groups in total. The molecule has 2 heterocycles. The predicted octanol–water partition coefficient (Wildman–Crippen LogP) is 3.45. The summed E-state index contributed by atoms with van der Waals surface area (Å²) < 4.78 is 5.46. The SMILES string of the molecule is Cc1ccncc1NCC1CCCN(C(=O)OC(C)(C)C)C1. The number of pyridine rings is 1. The number of nitrogens with zero attached hydrogens (tertiary/aromatic N) is 2. The minimum atomic E-state index is -0.435. The zero-order valence-electron chi connectivity index (χ0n) is 14.1. The van der Waals surface area contributed by atoms with Gasteiger partial charge in [0.15, 0.2) is 0 Å². The Kier molecular flexibility index (Phi) is 5.27. The molecule has 0 bridgehead atoms. The van der Waals surface area contributed by atoms with Gasteiger partial charge >= 0.3 is 6.09 Å². The highest BCUT2D eigenvalue weighted by atomic mass is 16.6. The Bertz CT molecular complexity index is 511. The molecule has 22 heavy (non-hydrogen) atoms. The topological polar surface area (TPSA) is 54.5 Å². The van der Waals surface area contributed by atoms with Crippen LogP contribution in [0.3, 0.4) is 0 Å². The summed E-state index contributed by atoms with van der Waals surface area (Å²) in [6.45, 7) is 10.2. The van der Waals surface area contributed by atoms with E-state index in [1.807, 2.05) is 37.9 Å². The molecule has 122 valence electrons.